The van der Waals surface area contributed by atoms with Gasteiger partial charge in [0.25, 0.3) is 5.91 Å². The molecule has 1 aromatic heterocycles. The third-order valence-corrected chi connectivity index (χ3v) is 6.70. The Morgan fingerprint density at radius 3 is 2.48 bits per heavy atom. The number of carbonyl (C=O) groups excluding carboxylic acids is 1. The van der Waals surface area contributed by atoms with Crippen LogP contribution in [0.3, 0.4) is 0 Å². The van der Waals surface area contributed by atoms with Crippen molar-refractivity contribution < 1.29 is 14.3 Å². The van der Waals surface area contributed by atoms with Crippen molar-refractivity contribution >= 4 is 40.2 Å². The van der Waals surface area contributed by atoms with Gasteiger partial charge in [-0.25, -0.2) is 0 Å². The second-order valence-electron chi connectivity index (χ2n) is 7.63. The van der Waals surface area contributed by atoms with Crippen molar-refractivity contribution in [2.45, 2.75) is 23.1 Å². The summed E-state index contributed by atoms with van der Waals surface area (Å²) < 4.78 is 10.7. The van der Waals surface area contributed by atoms with Crippen LogP contribution in [0.5, 0.6) is 11.5 Å². The minimum absolute atomic E-state index is 0.138. The first-order valence-corrected chi connectivity index (χ1v) is 11.7. The maximum absolute atomic E-state index is 13.2. The molecule has 3 aromatic carbocycles. The number of aromatic nitrogens is 1. The Hall–Kier alpha value is -3.09. The number of ether oxygens (including phenoxy) is 2. The Bertz CT molecular complexity index is 1280. The number of aromatic amines is 1. The molecular formula is C26H25ClN2O3S. The Morgan fingerprint density at radius 2 is 1.76 bits per heavy atom. The standard InChI is InChI=1S/C26H25ClN2O3S/c1-16-4-10-20-21(14-16)29-24(25(20)33-19-8-6-18(27)7-9-19)26(30)28-13-12-17-5-11-22(31-2)23(15-17)32-3/h4-11,14-15,29H,12-13H2,1-3H3,(H,28,30). The van der Waals surface area contributed by atoms with Gasteiger partial charge in [0.15, 0.2) is 11.5 Å². The second kappa shape index (κ2) is 10.2. The minimum Gasteiger partial charge on any atom is -0.493 e. The number of benzene rings is 3. The maximum Gasteiger partial charge on any atom is 0.268 e. The molecule has 0 bridgehead atoms. The van der Waals surface area contributed by atoms with Gasteiger partial charge in [0, 0.05) is 27.4 Å². The van der Waals surface area contributed by atoms with E-state index in [1.165, 1.54) is 0 Å². The van der Waals surface area contributed by atoms with Gasteiger partial charge in [0.2, 0.25) is 0 Å². The summed E-state index contributed by atoms with van der Waals surface area (Å²) >= 11 is 7.59. The molecule has 2 N–H and O–H groups in total. The van der Waals surface area contributed by atoms with E-state index in [4.69, 9.17) is 21.1 Å². The lowest BCUT2D eigenvalue weighted by Gasteiger charge is -2.10. The van der Waals surface area contributed by atoms with Crippen molar-refractivity contribution in [1.29, 1.82) is 0 Å². The van der Waals surface area contributed by atoms with Crippen LogP contribution in [0.15, 0.2) is 70.5 Å². The van der Waals surface area contributed by atoms with Gasteiger partial charge >= 0.3 is 0 Å². The fourth-order valence-corrected chi connectivity index (χ4v) is 4.78. The fraction of sp³-hybridized carbons (Fsp3) is 0.192. The monoisotopic (exact) mass is 480 g/mol. The van der Waals surface area contributed by atoms with Gasteiger partial charge < -0.3 is 19.8 Å². The molecule has 0 aliphatic heterocycles. The third-order valence-electron chi connectivity index (χ3n) is 5.31. The Labute approximate surface area is 202 Å². The van der Waals surface area contributed by atoms with E-state index in [9.17, 15) is 4.79 Å². The van der Waals surface area contributed by atoms with Gasteiger partial charge in [-0.2, -0.15) is 0 Å². The summed E-state index contributed by atoms with van der Waals surface area (Å²) in [5.74, 6) is 1.22. The zero-order valence-corrected chi connectivity index (χ0v) is 20.3. The number of amides is 1. The summed E-state index contributed by atoms with van der Waals surface area (Å²) in [7, 11) is 3.22. The van der Waals surface area contributed by atoms with Gasteiger partial charge in [-0.05, 0) is 66.9 Å². The number of carbonyl (C=O) groups is 1. The maximum atomic E-state index is 13.2. The number of aryl methyl sites for hydroxylation is 1. The first-order valence-electron chi connectivity index (χ1n) is 10.5. The Morgan fingerprint density at radius 1 is 1.00 bits per heavy atom. The smallest absolute Gasteiger partial charge is 0.268 e. The molecule has 0 unspecified atom stereocenters. The SMILES string of the molecule is COc1ccc(CCNC(=O)c2[nH]c3cc(C)ccc3c2Sc2ccc(Cl)cc2)cc1OC. The molecule has 0 spiro atoms. The van der Waals surface area contributed by atoms with E-state index in [2.05, 4.69) is 28.5 Å². The van der Waals surface area contributed by atoms with Gasteiger partial charge in [0.1, 0.15) is 5.69 Å². The average Bonchev–Trinajstić information content (AvgIpc) is 3.17. The second-order valence-corrected chi connectivity index (χ2v) is 9.15. The summed E-state index contributed by atoms with van der Waals surface area (Å²) in [6, 6.07) is 19.6. The Kier molecular flexibility index (Phi) is 7.16. The van der Waals surface area contributed by atoms with Crippen LogP contribution in [0.4, 0.5) is 0 Å². The number of halogens is 1. The van der Waals surface area contributed by atoms with Crippen LogP contribution in [-0.4, -0.2) is 31.7 Å². The van der Waals surface area contributed by atoms with Gasteiger partial charge in [-0.1, -0.05) is 41.6 Å². The van der Waals surface area contributed by atoms with E-state index < -0.39 is 0 Å². The third kappa shape index (κ3) is 5.29. The van der Waals surface area contributed by atoms with Crippen molar-refractivity contribution in [2.75, 3.05) is 20.8 Å². The number of nitrogens with one attached hydrogen (secondary N) is 2. The summed E-state index contributed by atoms with van der Waals surface area (Å²) in [6.45, 7) is 2.53. The first kappa shape index (κ1) is 23.1. The number of methoxy groups -OCH3 is 2. The van der Waals surface area contributed by atoms with Crippen LogP contribution in [0.2, 0.25) is 5.02 Å². The van der Waals surface area contributed by atoms with Crippen LogP contribution in [0.25, 0.3) is 10.9 Å². The van der Waals surface area contributed by atoms with E-state index in [1.807, 2.05) is 49.4 Å². The summed E-state index contributed by atoms with van der Waals surface area (Å²) in [4.78, 5) is 18.4. The molecule has 0 aliphatic rings. The van der Waals surface area contributed by atoms with Crippen molar-refractivity contribution in [1.82, 2.24) is 10.3 Å². The highest BCUT2D eigenvalue weighted by molar-refractivity contribution is 7.99. The molecule has 0 saturated heterocycles. The molecule has 1 heterocycles. The molecule has 0 fully saturated rings. The van der Waals surface area contributed by atoms with E-state index in [1.54, 1.807) is 26.0 Å². The van der Waals surface area contributed by atoms with E-state index in [-0.39, 0.29) is 5.91 Å². The molecule has 0 saturated carbocycles. The van der Waals surface area contributed by atoms with Crippen molar-refractivity contribution in [3.63, 3.8) is 0 Å². The Balaban J connectivity index is 1.54. The fourth-order valence-electron chi connectivity index (χ4n) is 3.62. The normalized spacial score (nSPS) is 10.9. The van der Waals surface area contributed by atoms with Crippen molar-refractivity contribution in [3.8, 4) is 11.5 Å². The van der Waals surface area contributed by atoms with Crippen LogP contribution in [0, 0.1) is 6.92 Å². The number of fused-ring (bicyclic) bond motifs is 1. The van der Waals surface area contributed by atoms with Crippen LogP contribution < -0.4 is 14.8 Å². The average molecular weight is 481 g/mol. The van der Waals surface area contributed by atoms with Gasteiger partial charge in [-0.15, -0.1) is 0 Å². The zero-order chi connectivity index (χ0) is 23.4. The van der Waals surface area contributed by atoms with Gasteiger partial charge in [-0.3, -0.25) is 4.79 Å². The highest BCUT2D eigenvalue weighted by Gasteiger charge is 2.19. The number of hydrogen-bond donors (Lipinski definition) is 2. The highest BCUT2D eigenvalue weighted by atomic mass is 35.5. The minimum atomic E-state index is -0.138. The molecule has 5 nitrogen and oxygen atoms in total. The molecule has 0 aliphatic carbocycles. The summed E-state index contributed by atoms with van der Waals surface area (Å²) in [6.07, 6.45) is 0.672. The number of rotatable bonds is 8. The molecule has 4 rings (SSSR count). The van der Waals surface area contributed by atoms with Crippen LogP contribution in [0.1, 0.15) is 21.6 Å². The molecule has 0 radical (unpaired) electrons. The lowest BCUT2D eigenvalue weighted by molar-refractivity contribution is 0.0947. The summed E-state index contributed by atoms with van der Waals surface area (Å²) in [5.41, 5.74) is 3.68. The molecule has 7 heteroatoms. The molecule has 1 amide bonds. The molecule has 170 valence electrons. The molecule has 33 heavy (non-hydrogen) atoms. The van der Waals surface area contributed by atoms with E-state index in [0.717, 1.165) is 31.8 Å². The van der Waals surface area contributed by atoms with Crippen LogP contribution in [-0.2, 0) is 6.42 Å². The van der Waals surface area contributed by atoms with Gasteiger partial charge in [0.05, 0.1) is 19.1 Å². The van der Waals surface area contributed by atoms with E-state index >= 15 is 0 Å². The zero-order valence-electron chi connectivity index (χ0n) is 18.7. The predicted molar refractivity (Wildman–Crippen MR) is 134 cm³/mol. The number of hydrogen-bond acceptors (Lipinski definition) is 4. The lowest BCUT2D eigenvalue weighted by atomic mass is 10.1. The number of H-pyrrole nitrogens is 1. The van der Waals surface area contributed by atoms with Crippen molar-refractivity contribution in [2.24, 2.45) is 0 Å². The highest BCUT2D eigenvalue weighted by Crippen LogP contribution is 2.37. The molecular weight excluding hydrogens is 456 g/mol. The quantitative estimate of drug-likeness (QED) is 0.312. The lowest BCUT2D eigenvalue weighted by Crippen LogP contribution is -2.26. The topological polar surface area (TPSA) is 63.3 Å². The van der Waals surface area contributed by atoms with Crippen molar-refractivity contribution in [3.05, 3.63) is 82.5 Å². The largest absolute Gasteiger partial charge is 0.493 e. The van der Waals surface area contributed by atoms with E-state index in [0.29, 0.717) is 35.2 Å². The molecule has 4 aromatic rings. The van der Waals surface area contributed by atoms with Crippen LogP contribution >= 0.6 is 23.4 Å². The first-order chi connectivity index (χ1) is 16.0. The predicted octanol–water partition coefficient (Wildman–Crippen LogP) is 6.27. The molecule has 0 atom stereocenters. The summed E-state index contributed by atoms with van der Waals surface area (Å²) in [5, 5.41) is 4.75.